The van der Waals surface area contributed by atoms with Gasteiger partial charge in [0.2, 0.25) is 11.8 Å². The Balaban J connectivity index is 1.74. The van der Waals surface area contributed by atoms with E-state index < -0.39 is 6.04 Å². The van der Waals surface area contributed by atoms with Gasteiger partial charge in [-0.25, -0.2) is 0 Å². The molecule has 0 spiro atoms. The van der Waals surface area contributed by atoms with Crippen LogP contribution in [0.5, 0.6) is 5.75 Å². The van der Waals surface area contributed by atoms with E-state index in [0.717, 1.165) is 42.6 Å². The molecule has 0 radical (unpaired) electrons. The van der Waals surface area contributed by atoms with Crippen molar-refractivity contribution in [2.75, 3.05) is 7.11 Å². The smallest absolute Gasteiger partial charge is 0.242 e. The van der Waals surface area contributed by atoms with E-state index in [4.69, 9.17) is 4.74 Å². The van der Waals surface area contributed by atoms with Crippen LogP contribution >= 0.6 is 0 Å². The Morgan fingerprint density at radius 3 is 2.31 bits per heavy atom. The highest BCUT2D eigenvalue weighted by Gasteiger charge is 2.28. The van der Waals surface area contributed by atoms with Crippen molar-refractivity contribution in [1.29, 1.82) is 0 Å². The second kappa shape index (κ2) is 10.1. The number of nitrogens with zero attached hydrogens (tertiary/aromatic N) is 1. The van der Waals surface area contributed by atoms with Crippen molar-refractivity contribution in [2.45, 2.75) is 57.7 Å². The fraction of sp³-hybridized carbons (Fsp3) is 0.417. The summed E-state index contributed by atoms with van der Waals surface area (Å²) < 4.78 is 5.22. The third kappa shape index (κ3) is 5.83. The number of ether oxygens (including phenoxy) is 1. The minimum Gasteiger partial charge on any atom is -0.497 e. The zero-order valence-electron chi connectivity index (χ0n) is 17.3. The van der Waals surface area contributed by atoms with Gasteiger partial charge in [0.15, 0.2) is 0 Å². The summed E-state index contributed by atoms with van der Waals surface area (Å²) in [5.41, 5.74) is 1.91. The first-order chi connectivity index (χ1) is 14.1. The second-order valence-electron chi connectivity index (χ2n) is 7.70. The quantitative estimate of drug-likeness (QED) is 0.742. The molecule has 0 heterocycles. The Morgan fingerprint density at radius 1 is 1.03 bits per heavy atom. The number of hydrogen-bond acceptors (Lipinski definition) is 3. The first-order valence-corrected chi connectivity index (χ1v) is 10.3. The first-order valence-electron chi connectivity index (χ1n) is 10.3. The maximum atomic E-state index is 13.1. The lowest BCUT2D eigenvalue weighted by Crippen LogP contribution is -2.50. The Labute approximate surface area is 173 Å². The van der Waals surface area contributed by atoms with E-state index in [-0.39, 0.29) is 24.3 Å². The zero-order chi connectivity index (χ0) is 20.6. The van der Waals surface area contributed by atoms with Crippen molar-refractivity contribution in [1.82, 2.24) is 10.2 Å². The van der Waals surface area contributed by atoms with Gasteiger partial charge < -0.3 is 15.0 Å². The molecule has 2 aromatic carbocycles. The van der Waals surface area contributed by atoms with Crippen molar-refractivity contribution < 1.29 is 14.3 Å². The van der Waals surface area contributed by atoms with Crippen LogP contribution in [0.15, 0.2) is 54.6 Å². The van der Waals surface area contributed by atoms with Gasteiger partial charge in [-0.2, -0.15) is 0 Å². The van der Waals surface area contributed by atoms with Crippen LogP contribution in [0.4, 0.5) is 0 Å². The van der Waals surface area contributed by atoms with Crippen LogP contribution < -0.4 is 10.1 Å². The molecule has 1 aliphatic rings. The van der Waals surface area contributed by atoms with E-state index in [1.165, 1.54) is 0 Å². The standard InChI is InChI=1S/C24H30N2O3/c1-18(24(28)25-21-10-6-7-11-21)26(17-20-12-14-22(29-2)15-13-20)23(27)16-19-8-4-3-5-9-19/h3-5,8-9,12-15,18,21H,6-7,10-11,16-17H2,1-2H3,(H,25,28)/t18-/m1/s1. The largest absolute Gasteiger partial charge is 0.497 e. The maximum absolute atomic E-state index is 13.1. The summed E-state index contributed by atoms with van der Waals surface area (Å²) in [5, 5.41) is 3.13. The molecule has 0 aromatic heterocycles. The van der Waals surface area contributed by atoms with Crippen LogP contribution in [0, 0.1) is 0 Å². The fourth-order valence-corrected chi connectivity index (χ4v) is 3.77. The topological polar surface area (TPSA) is 58.6 Å². The van der Waals surface area contributed by atoms with Crippen molar-refractivity contribution in [3.8, 4) is 5.75 Å². The average Bonchev–Trinajstić information content (AvgIpc) is 3.25. The molecule has 1 saturated carbocycles. The lowest BCUT2D eigenvalue weighted by atomic mass is 10.1. The molecule has 0 saturated heterocycles. The van der Waals surface area contributed by atoms with Crippen molar-refractivity contribution in [3.05, 3.63) is 65.7 Å². The number of methoxy groups -OCH3 is 1. The lowest BCUT2D eigenvalue weighted by Gasteiger charge is -2.30. The second-order valence-corrected chi connectivity index (χ2v) is 7.70. The molecule has 0 bridgehead atoms. The highest BCUT2D eigenvalue weighted by atomic mass is 16.5. The van der Waals surface area contributed by atoms with E-state index in [0.29, 0.717) is 6.54 Å². The Bertz CT molecular complexity index is 799. The van der Waals surface area contributed by atoms with Crippen LogP contribution in [0.3, 0.4) is 0 Å². The van der Waals surface area contributed by atoms with Crippen LogP contribution in [-0.4, -0.2) is 35.9 Å². The van der Waals surface area contributed by atoms with Crippen LogP contribution in [0.25, 0.3) is 0 Å². The monoisotopic (exact) mass is 394 g/mol. The van der Waals surface area contributed by atoms with Crippen molar-refractivity contribution in [2.24, 2.45) is 0 Å². The number of carbonyl (C=O) groups excluding carboxylic acids is 2. The molecule has 154 valence electrons. The zero-order valence-corrected chi connectivity index (χ0v) is 17.3. The number of hydrogen-bond donors (Lipinski definition) is 1. The summed E-state index contributed by atoms with van der Waals surface area (Å²) >= 11 is 0. The van der Waals surface area contributed by atoms with Gasteiger partial charge in [0.25, 0.3) is 0 Å². The predicted octanol–water partition coefficient (Wildman–Crippen LogP) is 3.71. The van der Waals surface area contributed by atoms with Gasteiger partial charge in [-0.3, -0.25) is 9.59 Å². The molecule has 29 heavy (non-hydrogen) atoms. The maximum Gasteiger partial charge on any atom is 0.242 e. The summed E-state index contributed by atoms with van der Waals surface area (Å²) in [6.07, 6.45) is 4.63. The molecule has 2 amide bonds. The number of carbonyl (C=O) groups is 2. The molecule has 5 nitrogen and oxygen atoms in total. The van der Waals surface area contributed by atoms with Gasteiger partial charge in [0, 0.05) is 12.6 Å². The third-order valence-electron chi connectivity index (χ3n) is 5.58. The Morgan fingerprint density at radius 2 is 1.69 bits per heavy atom. The van der Waals surface area contributed by atoms with E-state index in [9.17, 15) is 9.59 Å². The molecule has 0 unspecified atom stereocenters. The molecular weight excluding hydrogens is 364 g/mol. The molecule has 5 heteroatoms. The number of rotatable bonds is 8. The molecular formula is C24H30N2O3. The van der Waals surface area contributed by atoms with Crippen molar-refractivity contribution in [3.63, 3.8) is 0 Å². The molecule has 0 aliphatic heterocycles. The Kier molecular flexibility index (Phi) is 7.28. The number of benzene rings is 2. The molecule has 1 fully saturated rings. The van der Waals surface area contributed by atoms with Gasteiger partial charge in [0.1, 0.15) is 11.8 Å². The molecule has 2 aromatic rings. The minimum atomic E-state index is -0.533. The summed E-state index contributed by atoms with van der Waals surface area (Å²) in [7, 11) is 1.63. The van der Waals surface area contributed by atoms with Gasteiger partial charge in [-0.1, -0.05) is 55.3 Å². The highest BCUT2D eigenvalue weighted by Crippen LogP contribution is 2.19. The van der Waals surface area contributed by atoms with E-state index in [1.807, 2.05) is 61.5 Å². The number of amides is 2. The van der Waals surface area contributed by atoms with E-state index in [1.54, 1.807) is 12.0 Å². The van der Waals surface area contributed by atoms with Gasteiger partial charge >= 0.3 is 0 Å². The SMILES string of the molecule is COc1ccc(CN(C(=O)Cc2ccccc2)[C@H](C)C(=O)NC2CCCC2)cc1. The molecule has 1 atom stereocenters. The van der Waals surface area contributed by atoms with Crippen LogP contribution in [0.2, 0.25) is 0 Å². The third-order valence-corrected chi connectivity index (χ3v) is 5.58. The van der Waals surface area contributed by atoms with Crippen LogP contribution in [-0.2, 0) is 22.6 Å². The Hall–Kier alpha value is -2.82. The average molecular weight is 395 g/mol. The molecule has 1 N–H and O–H groups in total. The molecule has 1 aliphatic carbocycles. The summed E-state index contributed by atoms with van der Waals surface area (Å²) in [5.74, 6) is 0.635. The first kappa shape index (κ1) is 20.9. The van der Waals surface area contributed by atoms with Gasteiger partial charge in [-0.15, -0.1) is 0 Å². The highest BCUT2D eigenvalue weighted by molar-refractivity contribution is 5.88. The summed E-state index contributed by atoms with van der Waals surface area (Å²) in [6.45, 7) is 2.20. The predicted molar refractivity (Wildman–Crippen MR) is 114 cm³/mol. The van der Waals surface area contributed by atoms with Crippen LogP contribution in [0.1, 0.15) is 43.7 Å². The minimum absolute atomic E-state index is 0.0545. The summed E-state index contributed by atoms with van der Waals surface area (Å²) in [4.78, 5) is 27.7. The van der Waals surface area contributed by atoms with E-state index in [2.05, 4.69) is 5.32 Å². The van der Waals surface area contributed by atoms with Gasteiger partial charge in [0.05, 0.1) is 13.5 Å². The fourth-order valence-electron chi connectivity index (χ4n) is 3.77. The lowest BCUT2D eigenvalue weighted by molar-refractivity contribution is -0.140. The van der Waals surface area contributed by atoms with Gasteiger partial charge in [-0.05, 0) is 43.0 Å². The van der Waals surface area contributed by atoms with Crippen molar-refractivity contribution >= 4 is 11.8 Å². The molecule has 3 rings (SSSR count). The van der Waals surface area contributed by atoms with E-state index >= 15 is 0 Å². The normalized spacial score (nSPS) is 15.0. The number of nitrogens with one attached hydrogen (secondary N) is 1. The summed E-state index contributed by atoms with van der Waals surface area (Å²) in [6, 6.07) is 17.0.